The third-order valence-electron chi connectivity index (χ3n) is 4.88. The van der Waals surface area contributed by atoms with Crippen LogP contribution >= 0.6 is 0 Å². The first-order chi connectivity index (χ1) is 13.3. The molecule has 136 valence electrons. The van der Waals surface area contributed by atoms with E-state index in [1.807, 2.05) is 31.2 Å². The first-order valence-corrected chi connectivity index (χ1v) is 9.31. The van der Waals surface area contributed by atoms with Gasteiger partial charge in [0.2, 0.25) is 0 Å². The van der Waals surface area contributed by atoms with Crippen molar-refractivity contribution in [1.29, 1.82) is 0 Å². The highest BCUT2D eigenvalue weighted by Crippen LogP contribution is 2.39. The third kappa shape index (κ3) is 3.57. The number of amides is 1. The lowest BCUT2D eigenvalue weighted by molar-refractivity contribution is 0.0934. The van der Waals surface area contributed by atoms with E-state index >= 15 is 0 Å². The zero-order valence-corrected chi connectivity index (χ0v) is 15.4. The van der Waals surface area contributed by atoms with E-state index in [0.29, 0.717) is 12.1 Å². The van der Waals surface area contributed by atoms with Crippen LogP contribution in [0.1, 0.15) is 34.0 Å². The summed E-state index contributed by atoms with van der Waals surface area (Å²) in [5, 5.41) is 0. The minimum absolute atomic E-state index is 0.114. The Bertz CT molecular complexity index is 904. The van der Waals surface area contributed by atoms with Crippen molar-refractivity contribution in [3.8, 4) is 0 Å². The highest BCUT2D eigenvalue weighted by Gasteiger charge is 2.22. The van der Waals surface area contributed by atoms with Gasteiger partial charge in [0.05, 0.1) is 0 Å². The van der Waals surface area contributed by atoms with E-state index in [-0.39, 0.29) is 5.91 Å². The fourth-order valence-corrected chi connectivity index (χ4v) is 3.54. The van der Waals surface area contributed by atoms with Gasteiger partial charge in [0.25, 0.3) is 5.91 Å². The number of hydrazine groups is 1. The van der Waals surface area contributed by atoms with Gasteiger partial charge in [-0.15, -0.1) is 0 Å². The fraction of sp³-hybridized carbons (Fsp3) is 0.174. The lowest BCUT2D eigenvalue weighted by Crippen LogP contribution is -2.37. The smallest absolute Gasteiger partial charge is 0.265 e. The number of rotatable bonds is 5. The first-order valence-electron chi connectivity index (χ1n) is 9.31. The van der Waals surface area contributed by atoms with Crippen LogP contribution in [0.25, 0.3) is 0 Å². The number of carbonyl (C=O) groups is 1. The molecule has 0 radical (unpaired) electrons. The third-order valence-corrected chi connectivity index (χ3v) is 4.88. The predicted octanol–water partition coefficient (Wildman–Crippen LogP) is 4.18. The first kappa shape index (κ1) is 17.3. The summed E-state index contributed by atoms with van der Waals surface area (Å²) in [7, 11) is 0. The molecule has 0 spiro atoms. The van der Waals surface area contributed by atoms with Crippen molar-refractivity contribution in [2.24, 2.45) is 0 Å². The number of fused-ring (bicyclic) bond motifs is 2. The van der Waals surface area contributed by atoms with Crippen molar-refractivity contribution in [2.75, 3.05) is 11.4 Å². The highest BCUT2D eigenvalue weighted by atomic mass is 16.2. The second kappa shape index (κ2) is 7.64. The molecule has 4 nitrogen and oxygen atoms in total. The molecule has 1 aliphatic rings. The van der Waals surface area contributed by atoms with Crippen LogP contribution < -0.4 is 15.8 Å². The topological polar surface area (TPSA) is 44.4 Å². The summed E-state index contributed by atoms with van der Waals surface area (Å²) in [4.78, 5) is 14.4. The Kier molecular flexibility index (Phi) is 4.90. The number of carbonyl (C=O) groups excluding carboxylic acids is 1. The van der Waals surface area contributed by atoms with E-state index in [4.69, 9.17) is 0 Å². The predicted molar refractivity (Wildman–Crippen MR) is 109 cm³/mol. The molecular formula is C23H23N3O. The van der Waals surface area contributed by atoms with Crippen LogP contribution in [0.5, 0.6) is 0 Å². The summed E-state index contributed by atoms with van der Waals surface area (Å²) in [6.45, 7) is 3.40. The number of hydrogen-bond donors (Lipinski definition) is 2. The molecule has 0 aromatic heterocycles. The maximum atomic E-state index is 12.0. The van der Waals surface area contributed by atoms with Gasteiger partial charge in [-0.1, -0.05) is 55.5 Å². The molecule has 0 saturated carbocycles. The second-order valence-electron chi connectivity index (χ2n) is 6.70. The summed E-state index contributed by atoms with van der Waals surface area (Å²) in [6.07, 6.45) is 0.965. The SMILES string of the molecule is CCNNC(=O)c1ccc(CN2c3ccccc3Cc3ccccc32)cc1. The summed E-state index contributed by atoms with van der Waals surface area (Å²) >= 11 is 0. The van der Waals surface area contributed by atoms with Crippen molar-refractivity contribution in [1.82, 2.24) is 10.9 Å². The molecule has 0 aliphatic carbocycles. The molecule has 27 heavy (non-hydrogen) atoms. The second-order valence-corrected chi connectivity index (χ2v) is 6.70. The van der Waals surface area contributed by atoms with Crippen LogP contribution in [0.3, 0.4) is 0 Å². The average molecular weight is 357 g/mol. The van der Waals surface area contributed by atoms with E-state index < -0.39 is 0 Å². The normalized spacial score (nSPS) is 12.3. The van der Waals surface area contributed by atoms with Crippen molar-refractivity contribution in [2.45, 2.75) is 19.9 Å². The molecule has 1 heterocycles. The Balaban J connectivity index is 1.60. The molecule has 3 aromatic carbocycles. The maximum absolute atomic E-state index is 12.0. The van der Waals surface area contributed by atoms with Crippen LogP contribution in [0.2, 0.25) is 0 Å². The lowest BCUT2D eigenvalue weighted by Gasteiger charge is -2.33. The number of benzene rings is 3. The van der Waals surface area contributed by atoms with E-state index in [1.165, 1.54) is 28.1 Å². The van der Waals surface area contributed by atoms with Crippen LogP contribution in [-0.4, -0.2) is 12.5 Å². The summed E-state index contributed by atoms with van der Waals surface area (Å²) in [5.41, 5.74) is 12.5. The standard InChI is InChI=1S/C23H23N3O/c1-2-24-25-23(27)18-13-11-17(12-14-18)16-26-21-9-5-3-7-19(21)15-20-8-4-6-10-22(20)26/h3-14,24H,2,15-16H2,1H3,(H,25,27). The average Bonchev–Trinajstić information content (AvgIpc) is 2.72. The molecule has 1 amide bonds. The summed E-state index contributed by atoms with van der Waals surface area (Å²) in [6, 6.07) is 25.0. The largest absolute Gasteiger partial charge is 0.337 e. The molecule has 2 N–H and O–H groups in total. The molecule has 1 aliphatic heterocycles. The Morgan fingerprint density at radius 1 is 0.889 bits per heavy atom. The molecule has 0 fully saturated rings. The van der Waals surface area contributed by atoms with Gasteiger partial charge in [0.15, 0.2) is 0 Å². The summed E-state index contributed by atoms with van der Waals surface area (Å²) < 4.78 is 0. The van der Waals surface area contributed by atoms with Crippen molar-refractivity contribution >= 4 is 17.3 Å². The molecule has 0 unspecified atom stereocenters. The molecular weight excluding hydrogens is 334 g/mol. The number of hydrogen-bond acceptors (Lipinski definition) is 3. The highest BCUT2D eigenvalue weighted by molar-refractivity contribution is 5.93. The zero-order valence-electron chi connectivity index (χ0n) is 15.4. The number of anilines is 2. The summed E-state index contributed by atoms with van der Waals surface area (Å²) in [5.74, 6) is -0.114. The van der Waals surface area contributed by atoms with Crippen LogP contribution in [-0.2, 0) is 13.0 Å². The molecule has 4 heteroatoms. The number of nitrogens with zero attached hydrogens (tertiary/aromatic N) is 1. The van der Waals surface area contributed by atoms with Crippen molar-refractivity contribution in [3.63, 3.8) is 0 Å². The molecule has 0 atom stereocenters. The number of nitrogens with one attached hydrogen (secondary N) is 2. The molecule has 4 rings (SSSR count). The molecule has 3 aromatic rings. The Labute approximate surface area is 159 Å². The van der Waals surface area contributed by atoms with Crippen LogP contribution in [0, 0.1) is 0 Å². The zero-order chi connectivity index (χ0) is 18.6. The van der Waals surface area contributed by atoms with Crippen molar-refractivity contribution < 1.29 is 4.79 Å². The lowest BCUT2D eigenvalue weighted by atomic mass is 9.95. The quantitative estimate of drug-likeness (QED) is 0.673. The van der Waals surface area contributed by atoms with Gasteiger partial charge in [0, 0.05) is 36.4 Å². The van der Waals surface area contributed by atoms with Gasteiger partial charge < -0.3 is 4.90 Å². The van der Waals surface area contributed by atoms with Gasteiger partial charge in [-0.3, -0.25) is 10.2 Å². The van der Waals surface area contributed by atoms with Gasteiger partial charge in [-0.05, 0) is 41.0 Å². The minimum atomic E-state index is -0.114. The van der Waals surface area contributed by atoms with E-state index in [0.717, 1.165) is 13.0 Å². The Hall–Kier alpha value is -3.11. The Morgan fingerprint density at radius 3 is 2.07 bits per heavy atom. The van der Waals surface area contributed by atoms with Gasteiger partial charge in [-0.2, -0.15) is 0 Å². The van der Waals surface area contributed by atoms with Gasteiger partial charge >= 0.3 is 0 Å². The fourth-order valence-electron chi connectivity index (χ4n) is 3.54. The monoisotopic (exact) mass is 357 g/mol. The van der Waals surface area contributed by atoms with Gasteiger partial charge in [-0.25, -0.2) is 5.43 Å². The van der Waals surface area contributed by atoms with E-state index in [9.17, 15) is 4.79 Å². The maximum Gasteiger partial charge on any atom is 0.265 e. The van der Waals surface area contributed by atoms with Crippen molar-refractivity contribution in [3.05, 3.63) is 95.1 Å². The number of para-hydroxylation sites is 2. The Morgan fingerprint density at radius 2 is 1.48 bits per heavy atom. The van der Waals surface area contributed by atoms with Crippen LogP contribution in [0.4, 0.5) is 11.4 Å². The minimum Gasteiger partial charge on any atom is -0.337 e. The van der Waals surface area contributed by atoms with E-state index in [1.54, 1.807) is 0 Å². The van der Waals surface area contributed by atoms with Crippen LogP contribution in [0.15, 0.2) is 72.8 Å². The molecule has 0 saturated heterocycles. The van der Waals surface area contributed by atoms with Gasteiger partial charge in [0.1, 0.15) is 0 Å². The molecule has 0 bridgehead atoms. The van der Waals surface area contributed by atoms with E-state index in [2.05, 4.69) is 64.3 Å².